The van der Waals surface area contributed by atoms with E-state index < -0.39 is 5.54 Å². The highest BCUT2D eigenvalue weighted by Crippen LogP contribution is 2.67. The van der Waals surface area contributed by atoms with Crippen molar-refractivity contribution in [3.05, 3.63) is 29.8 Å². The molecule has 1 heterocycles. The van der Waals surface area contributed by atoms with Gasteiger partial charge in [-0.3, -0.25) is 10.1 Å². The van der Waals surface area contributed by atoms with Crippen LogP contribution in [0.25, 0.3) is 0 Å². The fraction of sp³-hybridized carbons (Fsp3) is 0.600. The molecule has 1 unspecified atom stereocenters. The maximum atomic E-state index is 13.2. The van der Waals surface area contributed by atoms with Crippen LogP contribution in [-0.2, 0) is 10.3 Å². The first kappa shape index (κ1) is 15.2. The van der Waals surface area contributed by atoms with Gasteiger partial charge in [0.2, 0.25) is 0 Å². The standard InChI is InChI=1S/C20H25N3O2/c1-25-16-4-2-15(3-5-16)20(17(24)22-18(21)23-20)19-9-12-6-13(10-19)8-14(7-12)11-19/h2-5,12-14H,6-11H2,1H3,(H3,21,22,23,24). The van der Waals surface area contributed by atoms with Crippen LogP contribution in [0.4, 0.5) is 0 Å². The monoisotopic (exact) mass is 339 g/mol. The Kier molecular flexibility index (Phi) is 3.04. The highest BCUT2D eigenvalue weighted by molar-refractivity contribution is 6.07. The smallest absolute Gasteiger partial charge is 0.259 e. The lowest BCUT2D eigenvalue weighted by Gasteiger charge is -2.61. The molecule has 3 N–H and O–H groups in total. The second-order valence-corrected chi connectivity index (χ2v) is 8.59. The fourth-order valence-electron chi connectivity index (χ4n) is 6.71. The van der Waals surface area contributed by atoms with Crippen LogP contribution >= 0.6 is 0 Å². The van der Waals surface area contributed by atoms with Gasteiger partial charge in [0.25, 0.3) is 5.91 Å². The molecule has 0 spiro atoms. The van der Waals surface area contributed by atoms with E-state index in [2.05, 4.69) is 5.32 Å². The minimum Gasteiger partial charge on any atom is -0.497 e. The first-order chi connectivity index (χ1) is 12.0. The summed E-state index contributed by atoms with van der Waals surface area (Å²) in [6.07, 6.45) is 7.27. The average molecular weight is 339 g/mol. The quantitative estimate of drug-likeness (QED) is 0.888. The molecule has 1 aromatic rings. The van der Waals surface area contributed by atoms with E-state index in [1.807, 2.05) is 24.3 Å². The molecule has 1 aromatic carbocycles. The first-order valence-electron chi connectivity index (χ1n) is 9.36. The molecule has 5 heteroatoms. The molecule has 25 heavy (non-hydrogen) atoms. The number of methoxy groups -OCH3 is 1. The Labute approximate surface area is 148 Å². The molecule has 4 aliphatic carbocycles. The molecule has 1 atom stereocenters. The Balaban J connectivity index is 1.68. The topological polar surface area (TPSA) is 76.7 Å². The average Bonchev–Trinajstić information content (AvgIpc) is 2.89. The Hall–Kier alpha value is -2.04. The largest absolute Gasteiger partial charge is 0.497 e. The van der Waals surface area contributed by atoms with Crippen LogP contribution in [0.5, 0.6) is 5.75 Å². The first-order valence-corrected chi connectivity index (χ1v) is 9.36. The highest BCUT2D eigenvalue weighted by Gasteiger charge is 2.66. The lowest BCUT2D eigenvalue weighted by atomic mass is 9.43. The SMILES string of the molecule is COc1ccc(C2(C34CC5CC(CC(C5)C3)C4)N=C(N)NC2=O)cc1. The molecule has 5 nitrogen and oxygen atoms in total. The highest BCUT2D eigenvalue weighted by atomic mass is 16.5. The van der Waals surface area contributed by atoms with Crippen LogP contribution in [-0.4, -0.2) is 19.0 Å². The van der Waals surface area contributed by atoms with Crippen molar-refractivity contribution in [1.82, 2.24) is 5.32 Å². The molecule has 132 valence electrons. The van der Waals surface area contributed by atoms with Gasteiger partial charge < -0.3 is 10.5 Å². The van der Waals surface area contributed by atoms with E-state index in [-0.39, 0.29) is 17.3 Å². The summed E-state index contributed by atoms with van der Waals surface area (Å²) in [5, 5.41) is 2.82. The van der Waals surface area contributed by atoms with E-state index in [0.717, 1.165) is 48.3 Å². The predicted molar refractivity (Wildman–Crippen MR) is 95.0 cm³/mol. The zero-order chi connectivity index (χ0) is 17.2. The molecule has 0 radical (unpaired) electrons. The third kappa shape index (κ3) is 1.95. The molecule has 4 bridgehead atoms. The van der Waals surface area contributed by atoms with Crippen molar-refractivity contribution in [3.63, 3.8) is 0 Å². The van der Waals surface area contributed by atoms with Crippen molar-refractivity contribution in [3.8, 4) is 5.75 Å². The number of nitrogens with one attached hydrogen (secondary N) is 1. The van der Waals surface area contributed by atoms with Crippen LogP contribution in [0.3, 0.4) is 0 Å². The van der Waals surface area contributed by atoms with Crippen molar-refractivity contribution >= 4 is 11.9 Å². The van der Waals surface area contributed by atoms with Crippen molar-refractivity contribution < 1.29 is 9.53 Å². The Morgan fingerprint density at radius 2 is 1.64 bits per heavy atom. The summed E-state index contributed by atoms with van der Waals surface area (Å²) in [6.45, 7) is 0. The minimum absolute atomic E-state index is 0.0443. The van der Waals surface area contributed by atoms with E-state index in [0.29, 0.717) is 0 Å². The lowest BCUT2D eigenvalue weighted by Crippen LogP contribution is -2.59. The van der Waals surface area contributed by atoms with Gasteiger partial charge in [-0.25, -0.2) is 4.99 Å². The van der Waals surface area contributed by atoms with Crippen molar-refractivity contribution in [1.29, 1.82) is 0 Å². The van der Waals surface area contributed by atoms with Crippen molar-refractivity contribution in [2.75, 3.05) is 7.11 Å². The minimum atomic E-state index is -0.876. The maximum Gasteiger partial charge on any atom is 0.259 e. The number of hydrogen-bond donors (Lipinski definition) is 2. The van der Waals surface area contributed by atoms with Gasteiger partial charge in [-0.05, 0) is 74.0 Å². The lowest BCUT2D eigenvalue weighted by molar-refractivity contribution is -0.143. The van der Waals surface area contributed by atoms with E-state index >= 15 is 0 Å². The van der Waals surface area contributed by atoms with Gasteiger partial charge in [-0.2, -0.15) is 0 Å². The number of hydrogen-bond acceptors (Lipinski definition) is 4. The third-order valence-corrected chi connectivity index (χ3v) is 7.17. The van der Waals surface area contributed by atoms with E-state index in [4.69, 9.17) is 15.5 Å². The third-order valence-electron chi connectivity index (χ3n) is 7.17. The normalized spacial score (nSPS) is 41.6. The number of amides is 1. The van der Waals surface area contributed by atoms with E-state index in [9.17, 15) is 4.79 Å². The van der Waals surface area contributed by atoms with Gasteiger partial charge in [0.1, 0.15) is 5.75 Å². The molecule has 1 aliphatic heterocycles. The summed E-state index contributed by atoms with van der Waals surface area (Å²) >= 11 is 0. The van der Waals surface area contributed by atoms with Gasteiger partial charge in [0.05, 0.1) is 7.11 Å². The van der Waals surface area contributed by atoms with Gasteiger partial charge in [0.15, 0.2) is 11.5 Å². The summed E-state index contributed by atoms with van der Waals surface area (Å²) in [4.78, 5) is 18.0. The van der Waals surface area contributed by atoms with Crippen molar-refractivity contribution in [2.24, 2.45) is 33.9 Å². The van der Waals surface area contributed by atoms with Crippen LogP contribution in [0.1, 0.15) is 44.1 Å². The molecule has 5 aliphatic rings. The second kappa shape index (κ2) is 4.99. The van der Waals surface area contributed by atoms with Crippen LogP contribution < -0.4 is 15.8 Å². The molecule has 4 saturated carbocycles. The summed E-state index contributed by atoms with van der Waals surface area (Å²) in [7, 11) is 1.66. The van der Waals surface area contributed by atoms with Crippen LogP contribution in [0.2, 0.25) is 0 Å². The van der Waals surface area contributed by atoms with Crippen LogP contribution in [0, 0.1) is 23.2 Å². The van der Waals surface area contributed by atoms with Gasteiger partial charge in [-0.15, -0.1) is 0 Å². The van der Waals surface area contributed by atoms with Gasteiger partial charge in [-0.1, -0.05) is 12.1 Å². The Bertz CT molecular complexity index is 719. The predicted octanol–water partition coefficient (Wildman–Crippen LogP) is 2.55. The van der Waals surface area contributed by atoms with E-state index in [1.54, 1.807) is 7.11 Å². The van der Waals surface area contributed by atoms with Crippen molar-refractivity contribution in [2.45, 2.75) is 44.1 Å². The number of aliphatic imine (C=N–C) groups is 1. The number of guanidine groups is 1. The molecule has 4 fully saturated rings. The Morgan fingerprint density at radius 1 is 1.08 bits per heavy atom. The summed E-state index contributed by atoms with van der Waals surface area (Å²) in [5.41, 5.74) is 5.99. The zero-order valence-electron chi connectivity index (χ0n) is 14.6. The number of rotatable bonds is 3. The fourth-order valence-corrected chi connectivity index (χ4v) is 6.71. The number of carbonyl (C=O) groups excluding carboxylic acids is 1. The van der Waals surface area contributed by atoms with E-state index in [1.165, 1.54) is 19.3 Å². The number of nitrogens with zero attached hydrogens (tertiary/aromatic N) is 1. The summed E-state index contributed by atoms with van der Waals surface area (Å²) < 4.78 is 5.30. The van der Waals surface area contributed by atoms with Gasteiger partial charge in [0, 0.05) is 5.41 Å². The number of nitrogens with two attached hydrogens (primary N) is 1. The molecular formula is C20H25N3O2. The summed E-state index contributed by atoms with van der Waals surface area (Å²) in [6, 6.07) is 7.85. The number of ether oxygens (including phenoxy) is 1. The maximum absolute atomic E-state index is 13.2. The number of carbonyl (C=O) groups is 1. The number of benzene rings is 1. The van der Waals surface area contributed by atoms with Gasteiger partial charge >= 0.3 is 0 Å². The molecule has 0 aromatic heterocycles. The van der Waals surface area contributed by atoms with Crippen LogP contribution in [0.15, 0.2) is 29.3 Å². The second-order valence-electron chi connectivity index (χ2n) is 8.59. The molecule has 0 saturated heterocycles. The molecular weight excluding hydrogens is 314 g/mol. The summed E-state index contributed by atoms with van der Waals surface area (Å²) in [5.74, 6) is 3.23. The molecule has 6 rings (SSSR count). The Morgan fingerprint density at radius 3 is 2.08 bits per heavy atom. The zero-order valence-corrected chi connectivity index (χ0v) is 14.6. The molecule has 1 amide bonds.